The molecule has 0 radical (unpaired) electrons. The summed E-state index contributed by atoms with van der Waals surface area (Å²) in [6, 6.07) is 0. The largest absolute Gasteiger partial charge is 0.427 e. The van der Waals surface area contributed by atoms with E-state index in [0.717, 1.165) is 37.9 Å². The Kier molecular flexibility index (Phi) is 5.52. The molecule has 1 N–H and O–H groups in total. The Morgan fingerprint density at radius 3 is 2.70 bits per heavy atom. The van der Waals surface area contributed by atoms with Gasteiger partial charge >= 0.3 is 7.48 Å². The molecule has 23 heavy (non-hydrogen) atoms. The number of hydrogen-bond acceptors (Lipinski definition) is 4. The zero-order chi connectivity index (χ0) is 17.1. The van der Waals surface area contributed by atoms with E-state index in [9.17, 15) is 9.90 Å². The SMILES string of the molecule is CC(C)(O)C(C)(C)OBc1cnn(CCCN2CCCC2=O)c1. The van der Waals surface area contributed by atoms with Crippen molar-refractivity contribution in [2.45, 2.75) is 64.7 Å². The van der Waals surface area contributed by atoms with Crippen LogP contribution >= 0.6 is 0 Å². The molecule has 0 unspecified atom stereocenters. The number of amides is 1. The summed E-state index contributed by atoms with van der Waals surface area (Å²) in [5, 5.41) is 14.4. The Morgan fingerprint density at radius 1 is 1.35 bits per heavy atom. The smallest absolute Gasteiger partial charge is 0.312 e. The van der Waals surface area contributed by atoms with Gasteiger partial charge in [0.1, 0.15) is 0 Å². The van der Waals surface area contributed by atoms with Gasteiger partial charge in [-0.1, -0.05) is 0 Å². The second kappa shape index (κ2) is 7.05. The highest BCUT2D eigenvalue weighted by Gasteiger charge is 2.35. The van der Waals surface area contributed by atoms with Gasteiger partial charge in [-0.25, -0.2) is 0 Å². The first kappa shape index (κ1) is 18.0. The van der Waals surface area contributed by atoms with Crippen LogP contribution in [0.1, 0.15) is 47.0 Å². The normalized spacial score (nSPS) is 16.2. The lowest BCUT2D eigenvalue weighted by Crippen LogP contribution is -2.49. The molecule has 0 aromatic carbocycles. The number of hydrogen-bond donors (Lipinski definition) is 1. The zero-order valence-electron chi connectivity index (χ0n) is 14.7. The van der Waals surface area contributed by atoms with Gasteiger partial charge in [0.05, 0.1) is 11.2 Å². The van der Waals surface area contributed by atoms with E-state index in [-0.39, 0.29) is 5.91 Å². The first-order chi connectivity index (χ1) is 10.7. The number of nitrogens with zero attached hydrogens (tertiary/aromatic N) is 3. The topological polar surface area (TPSA) is 67.6 Å². The van der Waals surface area contributed by atoms with Crippen LogP contribution in [-0.4, -0.2) is 57.5 Å². The molecule has 7 heteroatoms. The second-order valence-corrected chi connectivity index (χ2v) is 7.31. The van der Waals surface area contributed by atoms with Gasteiger partial charge < -0.3 is 14.7 Å². The van der Waals surface area contributed by atoms with Crippen LogP contribution in [0.4, 0.5) is 0 Å². The van der Waals surface area contributed by atoms with Crippen LogP contribution in [0.15, 0.2) is 12.4 Å². The third-order valence-corrected chi connectivity index (χ3v) is 4.75. The van der Waals surface area contributed by atoms with Crippen molar-refractivity contribution in [3.8, 4) is 0 Å². The van der Waals surface area contributed by atoms with Gasteiger partial charge in [0, 0.05) is 38.4 Å². The van der Waals surface area contributed by atoms with E-state index in [4.69, 9.17) is 4.65 Å². The van der Waals surface area contributed by atoms with Crippen LogP contribution in [0.2, 0.25) is 0 Å². The maximum atomic E-state index is 11.5. The summed E-state index contributed by atoms with van der Waals surface area (Å²) in [5.41, 5.74) is -0.559. The number of aliphatic hydroxyl groups is 1. The molecule has 0 bridgehead atoms. The molecule has 1 saturated heterocycles. The highest BCUT2D eigenvalue weighted by molar-refractivity contribution is 6.46. The molecule has 1 amide bonds. The van der Waals surface area contributed by atoms with Crippen molar-refractivity contribution in [3.63, 3.8) is 0 Å². The van der Waals surface area contributed by atoms with Crippen LogP contribution in [0.25, 0.3) is 0 Å². The Labute approximate surface area is 139 Å². The van der Waals surface area contributed by atoms with E-state index in [2.05, 4.69) is 5.10 Å². The fourth-order valence-corrected chi connectivity index (χ4v) is 2.41. The number of rotatable bonds is 8. The third kappa shape index (κ3) is 4.82. The van der Waals surface area contributed by atoms with Crippen molar-refractivity contribution in [2.24, 2.45) is 0 Å². The average molecular weight is 321 g/mol. The third-order valence-electron chi connectivity index (χ3n) is 4.75. The molecule has 1 aromatic heterocycles. The fraction of sp³-hybridized carbons (Fsp3) is 0.750. The van der Waals surface area contributed by atoms with Crippen molar-refractivity contribution in [3.05, 3.63) is 12.4 Å². The van der Waals surface area contributed by atoms with Crippen molar-refractivity contribution >= 4 is 18.9 Å². The summed E-state index contributed by atoms with van der Waals surface area (Å²) in [7, 11) is 0.418. The quantitative estimate of drug-likeness (QED) is 0.706. The summed E-state index contributed by atoms with van der Waals surface area (Å²) < 4.78 is 7.72. The Balaban J connectivity index is 1.76. The summed E-state index contributed by atoms with van der Waals surface area (Å²) >= 11 is 0. The number of likely N-dealkylation sites (tertiary alicyclic amines) is 1. The minimum atomic E-state index is -0.911. The predicted octanol–water partition coefficient (Wildman–Crippen LogP) is 0.438. The highest BCUT2D eigenvalue weighted by Crippen LogP contribution is 2.24. The lowest BCUT2D eigenvalue weighted by atomic mass is 9.84. The van der Waals surface area contributed by atoms with E-state index < -0.39 is 11.2 Å². The standard InChI is InChI=1S/C16H28BN3O3/c1-15(2,22)16(3,4)23-17-13-11-18-20(12-13)10-6-9-19-8-5-7-14(19)21/h11-12,17,22H,5-10H2,1-4H3. The van der Waals surface area contributed by atoms with E-state index in [1.807, 2.05) is 29.6 Å². The van der Waals surface area contributed by atoms with Crippen LogP contribution in [0, 0.1) is 0 Å². The summed E-state index contributed by atoms with van der Waals surface area (Å²) in [4.78, 5) is 13.5. The summed E-state index contributed by atoms with van der Waals surface area (Å²) in [6.45, 7) is 9.74. The van der Waals surface area contributed by atoms with E-state index in [1.165, 1.54) is 0 Å². The Morgan fingerprint density at radius 2 is 2.09 bits per heavy atom. The van der Waals surface area contributed by atoms with Crippen LogP contribution < -0.4 is 5.46 Å². The highest BCUT2D eigenvalue weighted by atomic mass is 16.5. The van der Waals surface area contributed by atoms with Crippen LogP contribution in [0.5, 0.6) is 0 Å². The van der Waals surface area contributed by atoms with Crippen molar-refractivity contribution in [1.82, 2.24) is 14.7 Å². The van der Waals surface area contributed by atoms with E-state index in [1.54, 1.807) is 20.0 Å². The van der Waals surface area contributed by atoms with Crippen molar-refractivity contribution < 1.29 is 14.6 Å². The molecule has 0 spiro atoms. The van der Waals surface area contributed by atoms with Crippen molar-refractivity contribution in [2.75, 3.05) is 13.1 Å². The van der Waals surface area contributed by atoms with Crippen LogP contribution in [0.3, 0.4) is 0 Å². The number of aryl methyl sites for hydroxylation is 1. The number of carbonyl (C=O) groups excluding carboxylic acids is 1. The molecule has 0 saturated carbocycles. The first-order valence-electron chi connectivity index (χ1n) is 8.34. The zero-order valence-corrected chi connectivity index (χ0v) is 14.7. The van der Waals surface area contributed by atoms with E-state index >= 15 is 0 Å². The van der Waals surface area contributed by atoms with Crippen molar-refractivity contribution in [1.29, 1.82) is 0 Å². The molecule has 0 atom stereocenters. The molecule has 2 heterocycles. The Bertz CT molecular complexity index is 537. The Hall–Kier alpha value is -1.34. The summed E-state index contributed by atoms with van der Waals surface area (Å²) in [6.07, 6.45) is 6.34. The molecular weight excluding hydrogens is 293 g/mol. The molecule has 1 fully saturated rings. The summed E-state index contributed by atoms with van der Waals surface area (Å²) in [5.74, 6) is 0.272. The fourth-order valence-electron chi connectivity index (χ4n) is 2.41. The number of carbonyl (C=O) groups is 1. The maximum Gasteiger partial charge on any atom is 0.312 e. The lowest BCUT2D eigenvalue weighted by molar-refractivity contribution is -0.127. The lowest BCUT2D eigenvalue weighted by Gasteiger charge is -2.37. The predicted molar refractivity (Wildman–Crippen MR) is 90.9 cm³/mol. The minimum Gasteiger partial charge on any atom is -0.427 e. The molecule has 0 aliphatic carbocycles. The van der Waals surface area contributed by atoms with Gasteiger partial charge in [-0.2, -0.15) is 5.10 Å². The monoisotopic (exact) mass is 321 g/mol. The van der Waals surface area contributed by atoms with Gasteiger partial charge in [-0.05, 0) is 46.0 Å². The van der Waals surface area contributed by atoms with E-state index in [0.29, 0.717) is 13.9 Å². The molecule has 6 nitrogen and oxygen atoms in total. The average Bonchev–Trinajstić information content (AvgIpc) is 3.05. The van der Waals surface area contributed by atoms with Gasteiger partial charge in [0.15, 0.2) is 0 Å². The minimum absolute atomic E-state index is 0.272. The first-order valence-corrected chi connectivity index (χ1v) is 8.34. The number of aromatic nitrogens is 2. The van der Waals surface area contributed by atoms with Gasteiger partial charge in [0.2, 0.25) is 5.91 Å². The molecule has 1 aliphatic heterocycles. The molecule has 1 aromatic rings. The second-order valence-electron chi connectivity index (χ2n) is 7.31. The molecule has 2 rings (SSSR count). The van der Waals surface area contributed by atoms with Gasteiger partial charge in [-0.15, -0.1) is 0 Å². The molecule has 128 valence electrons. The van der Waals surface area contributed by atoms with Gasteiger partial charge in [0.25, 0.3) is 0 Å². The molecule has 1 aliphatic rings. The molecular formula is C16H28BN3O3. The van der Waals surface area contributed by atoms with Crippen LogP contribution in [-0.2, 0) is 16.0 Å². The van der Waals surface area contributed by atoms with Gasteiger partial charge in [-0.3, -0.25) is 9.48 Å². The maximum absolute atomic E-state index is 11.5.